The van der Waals surface area contributed by atoms with Gasteiger partial charge in [-0.05, 0) is 49.7 Å². The Hall–Kier alpha value is -2.30. The van der Waals surface area contributed by atoms with Crippen LogP contribution >= 0.6 is 0 Å². The van der Waals surface area contributed by atoms with Gasteiger partial charge in [0, 0.05) is 55.5 Å². The lowest BCUT2D eigenvalue weighted by molar-refractivity contribution is 0.122. The van der Waals surface area contributed by atoms with Gasteiger partial charge in [0.05, 0.1) is 13.2 Å². The number of anilines is 1. The molecule has 28 heavy (non-hydrogen) atoms. The van der Waals surface area contributed by atoms with Crippen LogP contribution in [0.3, 0.4) is 0 Å². The molecule has 0 aliphatic carbocycles. The average Bonchev–Trinajstić information content (AvgIpc) is 2.93. The molecule has 0 bridgehead atoms. The molecule has 0 saturated carbocycles. The molecule has 1 fully saturated rings. The fourth-order valence-corrected chi connectivity index (χ4v) is 4.33. The van der Waals surface area contributed by atoms with Crippen molar-refractivity contribution in [3.63, 3.8) is 0 Å². The zero-order chi connectivity index (χ0) is 19.7. The molecule has 1 saturated heterocycles. The highest BCUT2D eigenvalue weighted by molar-refractivity contribution is 5.86. The van der Waals surface area contributed by atoms with Crippen LogP contribution in [0.5, 0.6) is 0 Å². The second-order valence-electron chi connectivity index (χ2n) is 8.04. The fraction of sp³-hybridized carbons (Fsp3) is 0.417. The topological polar surface area (TPSA) is 20.6 Å². The van der Waals surface area contributed by atoms with Gasteiger partial charge in [0.1, 0.15) is 0 Å². The lowest BCUT2D eigenvalue weighted by atomic mass is 10.1. The minimum atomic E-state index is 0.818. The van der Waals surface area contributed by atoms with E-state index in [4.69, 9.17) is 4.74 Å². The average molecular weight is 378 g/mol. The summed E-state index contributed by atoms with van der Waals surface area (Å²) in [7, 11) is 4.40. The van der Waals surface area contributed by atoms with Crippen molar-refractivity contribution in [1.29, 1.82) is 0 Å². The molecule has 2 aromatic carbocycles. The maximum Gasteiger partial charge on any atom is 0.0642 e. The number of aryl methyl sites for hydroxylation is 2. The third-order valence-electron chi connectivity index (χ3n) is 5.99. The molecule has 3 aromatic rings. The first-order chi connectivity index (χ1) is 13.5. The Balaban J connectivity index is 1.57. The number of rotatable bonds is 5. The molecule has 2 heterocycles. The first-order valence-corrected chi connectivity index (χ1v) is 10.2. The Bertz CT molecular complexity index is 969. The largest absolute Gasteiger partial charge is 0.378 e. The van der Waals surface area contributed by atoms with Crippen molar-refractivity contribution < 1.29 is 4.74 Å². The van der Waals surface area contributed by atoms with Gasteiger partial charge in [-0.3, -0.25) is 4.90 Å². The molecule has 0 radical (unpaired) electrons. The van der Waals surface area contributed by atoms with Crippen molar-refractivity contribution in [1.82, 2.24) is 9.47 Å². The lowest BCUT2D eigenvalue weighted by Crippen LogP contribution is -2.37. The Labute approximate surface area is 168 Å². The SMILES string of the molecule is Cc1ccc2c(CN(C)Cc3ccccc3N3CCOCC3)c(C)n(C)c2c1. The summed E-state index contributed by atoms with van der Waals surface area (Å²) < 4.78 is 7.86. The van der Waals surface area contributed by atoms with Crippen LogP contribution in [0.4, 0.5) is 5.69 Å². The van der Waals surface area contributed by atoms with Gasteiger partial charge >= 0.3 is 0 Å². The number of fused-ring (bicyclic) bond motifs is 1. The van der Waals surface area contributed by atoms with Gasteiger partial charge in [0.25, 0.3) is 0 Å². The number of hydrogen-bond donors (Lipinski definition) is 0. The van der Waals surface area contributed by atoms with Gasteiger partial charge in [-0.25, -0.2) is 0 Å². The highest BCUT2D eigenvalue weighted by Gasteiger charge is 2.17. The van der Waals surface area contributed by atoms with Crippen LogP contribution in [0, 0.1) is 13.8 Å². The van der Waals surface area contributed by atoms with Gasteiger partial charge < -0.3 is 14.2 Å². The van der Waals surface area contributed by atoms with Gasteiger partial charge in [0.15, 0.2) is 0 Å². The minimum Gasteiger partial charge on any atom is -0.378 e. The molecule has 1 aromatic heterocycles. The van der Waals surface area contributed by atoms with Crippen LogP contribution < -0.4 is 4.90 Å². The highest BCUT2D eigenvalue weighted by Crippen LogP contribution is 2.28. The van der Waals surface area contributed by atoms with Crippen LogP contribution in [0.25, 0.3) is 10.9 Å². The number of nitrogens with zero attached hydrogens (tertiary/aromatic N) is 3. The van der Waals surface area contributed by atoms with Crippen molar-refractivity contribution in [3.8, 4) is 0 Å². The summed E-state index contributed by atoms with van der Waals surface area (Å²) in [6.45, 7) is 9.87. The molecule has 4 nitrogen and oxygen atoms in total. The molecule has 0 amide bonds. The van der Waals surface area contributed by atoms with E-state index in [0.717, 1.165) is 39.4 Å². The number of morpholine rings is 1. The Morgan fingerprint density at radius 3 is 2.54 bits per heavy atom. The summed E-state index contributed by atoms with van der Waals surface area (Å²) in [6, 6.07) is 15.6. The van der Waals surface area contributed by atoms with E-state index < -0.39 is 0 Å². The lowest BCUT2D eigenvalue weighted by Gasteiger charge is -2.31. The van der Waals surface area contributed by atoms with E-state index in [2.05, 4.69) is 84.8 Å². The van der Waals surface area contributed by atoms with Crippen molar-refractivity contribution in [2.24, 2.45) is 7.05 Å². The quantitative estimate of drug-likeness (QED) is 0.663. The van der Waals surface area contributed by atoms with E-state index in [9.17, 15) is 0 Å². The Kier molecular flexibility index (Phi) is 5.42. The summed E-state index contributed by atoms with van der Waals surface area (Å²) in [5, 5.41) is 1.37. The van der Waals surface area contributed by atoms with Crippen molar-refractivity contribution in [2.75, 3.05) is 38.3 Å². The number of hydrogen-bond acceptors (Lipinski definition) is 3. The molecule has 1 aliphatic heterocycles. The first-order valence-electron chi connectivity index (χ1n) is 10.2. The minimum absolute atomic E-state index is 0.818. The van der Waals surface area contributed by atoms with Crippen molar-refractivity contribution in [3.05, 3.63) is 64.8 Å². The van der Waals surface area contributed by atoms with Gasteiger partial charge in [-0.15, -0.1) is 0 Å². The summed E-state index contributed by atoms with van der Waals surface area (Å²) in [5.74, 6) is 0. The van der Waals surface area contributed by atoms with Gasteiger partial charge in [0.2, 0.25) is 0 Å². The maximum absolute atomic E-state index is 5.53. The number of benzene rings is 2. The molecule has 4 heteroatoms. The van der Waals surface area contributed by atoms with E-state index in [-0.39, 0.29) is 0 Å². The van der Waals surface area contributed by atoms with E-state index in [1.165, 1.54) is 39.0 Å². The summed E-state index contributed by atoms with van der Waals surface area (Å²) >= 11 is 0. The fourth-order valence-electron chi connectivity index (χ4n) is 4.33. The van der Waals surface area contributed by atoms with E-state index in [1.807, 2.05) is 0 Å². The normalized spacial score (nSPS) is 15.0. The molecular weight excluding hydrogens is 346 g/mol. The molecule has 0 spiro atoms. The van der Waals surface area contributed by atoms with Crippen molar-refractivity contribution in [2.45, 2.75) is 26.9 Å². The third-order valence-corrected chi connectivity index (χ3v) is 5.99. The number of para-hydroxylation sites is 1. The van der Waals surface area contributed by atoms with Crippen molar-refractivity contribution >= 4 is 16.6 Å². The Morgan fingerprint density at radius 2 is 1.75 bits per heavy atom. The van der Waals surface area contributed by atoms with Crippen LogP contribution in [0.2, 0.25) is 0 Å². The molecular formula is C24H31N3O. The number of aromatic nitrogens is 1. The summed E-state index contributed by atoms with van der Waals surface area (Å²) in [4.78, 5) is 4.89. The molecule has 0 atom stereocenters. The Morgan fingerprint density at radius 1 is 1.00 bits per heavy atom. The highest BCUT2D eigenvalue weighted by atomic mass is 16.5. The maximum atomic E-state index is 5.53. The monoisotopic (exact) mass is 377 g/mol. The zero-order valence-corrected chi connectivity index (χ0v) is 17.5. The third kappa shape index (κ3) is 3.67. The summed E-state index contributed by atoms with van der Waals surface area (Å²) in [5.41, 5.74) is 8.17. The second kappa shape index (κ2) is 7.98. The molecule has 0 N–H and O–H groups in total. The zero-order valence-electron chi connectivity index (χ0n) is 17.5. The standard InChI is InChI=1S/C24H31N3O/c1-18-9-10-21-22(19(2)26(4)24(21)15-18)17-25(3)16-20-7-5-6-8-23(20)27-11-13-28-14-12-27/h5-10,15H,11-14,16-17H2,1-4H3. The van der Waals surface area contributed by atoms with Crippen LogP contribution in [-0.4, -0.2) is 42.8 Å². The van der Waals surface area contributed by atoms with Gasteiger partial charge in [-0.2, -0.15) is 0 Å². The van der Waals surface area contributed by atoms with Crippen LogP contribution in [0.15, 0.2) is 42.5 Å². The predicted molar refractivity (Wildman–Crippen MR) is 117 cm³/mol. The van der Waals surface area contributed by atoms with E-state index >= 15 is 0 Å². The molecule has 1 aliphatic rings. The second-order valence-corrected chi connectivity index (χ2v) is 8.04. The predicted octanol–water partition coefficient (Wildman–Crippen LogP) is 4.26. The molecule has 148 valence electrons. The van der Waals surface area contributed by atoms with Crippen LogP contribution in [0.1, 0.15) is 22.4 Å². The first kappa shape index (κ1) is 19.0. The molecule has 4 rings (SSSR count). The van der Waals surface area contributed by atoms with E-state index in [0.29, 0.717) is 0 Å². The smallest absolute Gasteiger partial charge is 0.0642 e. The van der Waals surface area contributed by atoms with Gasteiger partial charge in [-0.1, -0.05) is 30.3 Å². The number of ether oxygens (including phenoxy) is 1. The molecule has 0 unspecified atom stereocenters. The summed E-state index contributed by atoms with van der Waals surface area (Å²) in [6.07, 6.45) is 0. The van der Waals surface area contributed by atoms with E-state index in [1.54, 1.807) is 0 Å². The van der Waals surface area contributed by atoms with Crippen LogP contribution in [-0.2, 0) is 24.9 Å².